The van der Waals surface area contributed by atoms with Gasteiger partial charge in [-0.1, -0.05) is 31.2 Å². The van der Waals surface area contributed by atoms with E-state index in [9.17, 15) is 13.2 Å². The van der Waals surface area contributed by atoms with Gasteiger partial charge in [0.15, 0.2) is 6.10 Å². The smallest absolute Gasteiger partial charge is 0.265 e. The quantitative estimate of drug-likeness (QED) is 0.524. The normalized spacial score (nSPS) is 12.1. The molecule has 0 aliphatic carbocycles. The highest BCUT2D eigenvalue weighted by Crippen LogP contribution is 2.21. The van der Waals surface area contributed by atoms with Crippen LogP contribution in [0, 0.1) is 13.8 Å². The van der Waals surface area contributed by atoms with Crippen molar-refractivity contribution in [2.45, 2.75) is 38.2 Å². The molecule has 6 nitrogen and oxygen atoms in total. The van der Waals surface area contributed by atoms with Gasteiger partial charge < -0.3 is 10.1 Å². The number of anilines is 2. The minimum Gasteiger partial charge on any atom is -0.481 e. The second kappa shape index (κ2) is 9.66. The Kier molecular flexibility index (Phi) is 6.97. The number of carbonyl (C=O) groups is 1. The van der Waals surface area contributed by atoms with Crippen LogP contribution in [0.5, 0.6) is 5.75 Å². The minimum absolute atomic E-state index is 0.104. The summed E-state index contributed by atoms with van der Waals surface area (Å²) in [7, 11) is -3.72. The third-order valence-electron chi connectivity index (χ3n) is 4.88. The molecule has 3 rings (SSSR count). The number of nitrogens with one attached hydrogen (secondary N) is 2. The summed E-state index contributed by atoms with van der Waals surface area (Å²) in [6, 6.07) is 20.4. The summed E-state index contributed by atoms with van der Waals surface area (Å²) in [6.45, 7) is 5.88. The van der Waals surface area contributed by atoms with Crippen LogP contribution in [0.1, 0.15) is 24.5 Å². The molecular weight excluding hydrogens is 412 g/mol. The van der Waals surface area contributed by atoms with E-state index in [1.807, 2.05) is 45.0 Å². The molecule has 0 fully saturated rings. The number of benzene rings is 3. The standard InChI is InChI=1S/C24H26N2O4S/c1-4-23(30-21-13-10-17(2)18(3)16-21)24(27)25-19-11-14-22(15-12-19)31(28,29)26-20-8-6-5-7-9-20/h5-16,23,26H,4H2,1-3H3,(H,25,27). The number of sulfonamides is 1. The lowest BCUT2D eigenvalue weighted by Crippen LogP contribution is -2.32. The highest BCUT2D eigenvalue weighted by atomic mass is 32.2. The first-order chi connectivity index (χ1) is 14.8. The Bertz CT molecular complexity index is 1140. The second-order valence-electron chi connectivity index (χ2n) is 7.25. The Morgan fingerprint density at radius 2 is 1.58 bits per heavy atom. The first-order valence-corrected chi connectivity index (χ1v) is 11.5. The summed E-state index contributed by atoms with van der Waals surface area (Å²) in [6.07, 6.45) is -0.170. The largest absolute Gasteiger partial charge is 0.481 e. The topological polar surface area (TPSA) is 84.5 Å². The van der Waals surface area contributed by atoms with E-state index in [0.717, 1.165) is 11.1 Å². The highest BCUT2D eigenvalue weighted by molar-refractivity contribution is 7.92. The lowest BCUT2D eigenvalue weighted by molar-refractivity contribution is -0.122. The van der Waals surface area contributed by atoms with Crippen molar-refractivity contribution in [2.24, 2.45) is 0 Å². The fraction of sp³-hybridized carbons (Fsp3) is 0.208. The van der Waals surface area contributed by atoms with Crippen molar-refractivity contribution in [3.8, 4) is 5.75 Å². The zero-order valence-corrected chi connectivity index (χ0v) is 18.6. The summed E-state index contributed by atoms with van der Waals surface area (Å²) in [5.74, 6) is 0.345. The van der Waals surface area contributed by atoms with Gasteiger partial charge in [-0.15, -0.1) is 0 Å². The molecule has 1 unspecified atom stereocenters. The number of aryl methyl sites for hydroxylation is 2. The summed E-state index contributed by atoms with van der Waals surface area (Å²) in [5.41, 5.74) is 3.22. The van der Waals surface area contributed by atoms with Crippen LogP contribution in [0.3, 0.4) is 0 Å². The fourth-order valence-corrected chi connectivity index (χ4v) is 3.99. The minimum atomic E-state index is -3.72. The Morgan fingerprint density at radius 1 is 0.903 bits per heavy atom. The second-order valence-corrected chi connectivity index (χ2v) is 8.93. The molecule has 0 aliphatic rings. The molecule has 3 aromatic carbocycles. The molecule has 2 N–H and O–H groups in total. The van der Waals surface area contributed by atoms with Gasteiger partial charge in [-0.3, -0.25) is 9.52 Å². The number of para-hydroxylation sites is 1. The Morgan fingerprint density at radius 3 is 2.19 bits per heavy atom. The maximum atomic E-state index is 12.7. The molecule has 7 heteroatoms. The van der Waals surface area contributed by atoms with Crippen LogP contribution < -0.4 is 14.8 Å². The van der Waals surface area contributed by atoms with E-state index < -0.39 is 16.1 Å². The summed E-state index contributed by atoms with van der Waals surface area (Å²) in [4.78, 5) is 12.8. The van der Waals surface area contributed by atoms with Crippen LogP contribution in [0.15, 0.2) is 77.7 Å². The monoisotopic (exact) mass is 438 g/mol. The van der Waals surface area contributed by atoms with E-state index in [2.05, 4.69) is 10.0 Å². The maximum absolute atomic E-state index is 12.7. The van der Waals surface area contributed by atoms with Gasteiger partial charge in [-0.05, 0) is 79.9 Å². The number of rotatable bonds is 8. The van der Waals surface area contributed by atoms with Gasteiger partial charge in [0, 0.05) is 11.4 Å². The van der Waals surface area contributed by atoms with Gasteiger partial charge in [-0.25, -0.2) is 8.42 Å². The molecule has 0 aromatic heterocycles. The molecule has 0 saturated heterocycles. The van der Waals surface area contributed by atoms with Crippen LogP contribution in [0.25, 0.3) is 0 Å². The molecule has 0 radical (unpaired) electrons. The number of hydrogen-bond donors (Lipinski definition) is 2. The molecule has 0 aliphatic heterocycles. The third-order valence-corrected chi connectivity index (χ3v) is 6.28. The molecule has 0 spiro atoms. The molecular formula is C24H26N2O4S. The lowest BCUT2D eigenvalue weighted by atomic mass is 10.1. The zero-order chi connectivity index (χ0) is 22.4. The summed E-state index contributed by atoms with van der Waals surface area (Å²) >= 11 is 0. The van der Waals surface area contributed by atoms with Crippen LogP contribution in [-0.2, 0) is 14.8 Å². The molecule has 0 bridgehead atoms. The van der Waals surface area contributed by atoms with Gasteiger partial charge in [0.25, 0.3) is 15.9 Å². The number of hydrogen-bond acceptors (Lipinski definition) is 4. The first-order valence-electron chi connectivity index (χ1n) is 10.0. The predicted octanol–water partition coefficient (Wildman–Crippen LogP) is 4.90. The summed E-state index contributed by atoms with van der Waals surface area (Å²) in [5, 5.41) is 2.79. The SMILES string of the molecule is CCC(Oc1ccc(C)c(C)c1)C(=O)Nc1ccc(S(=O)(=O)Nc2ccccc2)cc1. The Balaban J connectivity index is 1.66. The molecule has 1 atom stereocenters. The van der Waals surface area contributed by atoms with Gasteiger partial charge in [-0.2, -0.15) is 0 Å². The van der Waals surface area contributed by atoms with Gasteiger partial charge in [0.2, 0.25) is 0 Å². The van der Waals surface area contributed by atoms with E-state index in [-0.39, 0.29) is 10.8 Å². The molecule has 3 aromatic rings. The van der Waals surface area contributed by atoms with E-state index in [0.29, 0.717) is 23.5 Å². The summed E-state index contributed by atoms with van der Waals surface area (Å²) < 4.78 is 33.4. The van der Waals surface area contributed by atoms with Crippen molar-refractivity contribution in [3.05, 3.63) is 83.9 Å². The van der Waals surface area contributed by atoms with Crippen LogP contribution in [-0.4, -0.2) is 20.4 Å². The van der Waals surface area contributed by atoms with Crippen LogP contribution >= 0.6 is 0 Å². The molecule has 0 saturated carbocycles. The van der Waals surface area contributed by atoms with Crippen molar-refractivity contribution in [3.63, 3.8) is 0 Å². The Labute approximate surface area is 183 Å². The van der Waals surface area contributed by atoms with Crippen molar-refractivity contribution < 1.29 is 17.9 Å². The lowest BCUT2D eigenvalue weighted by Gasteiger charge is -2.18. The number of carbonyl (C=O) groups excluding carboxylic acids is 1. The fourth-order valence-electron chi connectivity index (χ4n) is 2.93. The van der Waals surface area contributed by atoms with Crippen molar-refractivity contribution in [2.75, 3.05) is 10.0 Å². The van der Waals surface area contributed by atoms with Gasteiger partial charge in [0.1, 0.15) is 5.75 Å². The van der Waals surface area contributed by atoms with E-state index >= 15 is 0 Å². The van der Waals surface area contributed by atoms with Gasteiger partial charge >= 0.3 is 0 Å². The van der Waals surface area contributed by atoms with E-state index in [1.54, 1.807) is 36.4 Å². The van der Waals surface area contributed by atoms with Crippen molar-refractivity contribution in [1.29, 1.82) is 0 Å². The Hall–Kier alpha value is -3.32. The van der Waals surface area contributed by atoms with Crippen molar-refractivity contribution >= 4 is 27.3 Å². The third kappa shape index (κ3) is 5.86. The van der Waals surface area contributed by atoms with Crippen molar-refractivity contribution in [1.82, 2.24) is 0 Å². The molecule has 31 heavy (non-hydrogen) atoms. The van der Waals surface area contributed by atoms with Crippen LogP contribution in [0.4, 0.5) is 11.4 Å². The molecule has 1 amide bonds. The van der Waals surface area contributed by atoms with E-state index in [1.165, 1.54) is 12.1 Å². The average molecular weight is 439 g/mol. The molecule has 162 valence electrons. The number of amides is 1. The first kappa shape index (κ1) is 22.4. The average Bonchev–Trinajstić information content (AvgIpc) is 2.75. The van der Waals surface area contributed by atoms with E-state index in [4.69, 9.17) is 4.74 Å². The molecule has 0 heterocycles. The predicted molar refractivity (Wildman–Crippen MR) is 123 cm³/mol. The van der Waals surface area contributed by atoms with Crippen LogP contribution in [0.2, 0.25) is 0 Å². The number of ether oxygens (including phenoxy) is 1. The highest BCUT2D eigenvalue weighted by Gasteiger charge is 2.20. The maximum Gasteiger partial charge on any atom is 0.265 e. The van der Waals surface area contributed by atoms with Gasteiger partial charge in [0.05, 0.1) is 4.90 Å². The zero-order valence-electron chi connectivity index (χ0n) is 17.8.